The summed E-state index contributed by atoms with van der Waals surface area (Å²) in [5.74, 6) is 2.76. The maximum atomic E-state index is 4.58. The van der Waals surface area contributed by atoms with Gasteiger partial charge < -0.3 is 9.88 Å². The Hall–Kier alpha value is -2.77. The standard InChI is InChI=1S/C16H22N8/c1-11(2)16-21-19-10-23(16)6-5-18-14-8-17-9-15(20-14)24-13(4)7-12(3)22-24/h7-11H,5-6H2,1-4H3,(H,18,20). The van der Waals surface area contributed by atoms with Crippen molar-refractivity contribution in [2.45, 2.75) is 40.2 Å². The minimum absolute atomic E-state index is 0.349. The topological polar surface area (TPSA) is 86.3 Å². The Balaban J connectivity index is 1.67. The Labute approximate surface area is 141 Å². The molecule has 0 atom stereocenters. The lowest BCUT2D eigenvalue weighted by Gasteiger charge is -2.11. The summed E-state index contributed by atoms with van der Waals surface area (Å²) in [4.78, 5) is 8.84. The highest BCUT2D eigenvalue weighted by Crippen LogP contribution is 2.12. The average Bonchev–Trinajstić information content (AvgIpc) is 3.14. The van der Waals surface area contributed by atoms with Crippen LogP contribution in [0.25, 0.3) is 5.82 Å². The van der Waals surface area contributed by atoms with Gasteiger partial charge in [-0.3, -0.25) is 4.98 Å². The van der Waals surface area contributed by atoms with Crippen LogP contribution in [0, 0.1) is 13.8 Å². The molecule has 3 aromatic rings. The van der Waals surface area contributed by atoms with Gasteiger partial charge in [-0.15, -0.1) is 10.2 Å². The van der Waals surface area contributed by atoms with Crippen molar-refractivity contribution in [1.29, 1.82) is 0 Å². The molecule has 1 N–H and O–H groups in total. The molecule has 0 fully saturated rings. The molecular weight excluding hydrogens is 304 g/mol. The molecule has 3 rings (SSSR count). The largest absolute Gasteiger partial charge is 0.367 e. The second kappa shape index (κ2) is 6.77. The van der Waals surface area contributed by atoms with E-state index in [2.05, 4.69) is 49.0 Å². The van der Waals surface area contributed by atoms with Crippen LogP contribution < -0.4 is 5.32 Å². The number of aromatic nitrogens is 7. The van der Waals surface area contributed by atoms with Crippen molar-refractivity contribution in [3.63, 3.8) is 0 Å². The predicted octanol–water partition coefficient (Wildman–Crippen LogP) is 2.11. The highest BCUT2D eigenvalue weighted by molar-refractivity contribution is 5.36. The lowest BCUT2D eigenvalue weighted by molar-refractivity contribution is 0.636. The molecule has 0 bridgehead atoms. The molecule has 0 unspecified atom stereocenters. The van der Waals surface area contributed by atoms with Gasteiger partial charge in [-0.1, -0.05) is 13.8 Å². The van der Waals surface area contributed by atoms with Gasteiger partial charge in [-0.25, -0.2) is 9.67 Å². The highest BCUT2D eigenvalue weighted by Gasteiger charge is 2.09. The van der Waals surface area contributed by atoms with E-state index in [9.17, 15) is 0 Å². The highest BCUT2D eigenvalue weighted by atomic mass is 15.3. The lowest BCUT2D eigenvalue weighted by atomic mass is 10.2. The van der Waals surface area contributed by atoms with E-state index in [1.807, 2.05) is 19.9 Å². The second-order valence-electron chi connectivity index (χ2n) is 6.07. The molecule has 0 saturated carbocycles. The summed E-state index contributed by atoms with van der Waals surface area (Å²) in [5.41, 5.74) is 1.99. The Bertz CT molecular complexity index is 817. The molecule has 0 spiro atoms. The quantitative estimate of drug-likeness (QED) is 0.746. The van der Waals surface area contributed by atoms with Gasteiger partial charge in [-0.2, -0.15) is 5.10 Å². The minimum atomic E-state index is 0.349. The second-order valence-corrected chi connectivity index (χ2v) is 6.07. The van der Waals surface area contributed by atoms with Gasteiger partial charge >= 0.3 is 0 Å². The summed E-state index contributed by atoms with van der Waals surface area (Å²) in [6.07, 6.45) is 5.18. The molecule has 0 aliphatic rings. The Morgan fingerprint density at radius 3 is 2.75 bits per heavy atom. The molecule has 0 aliphatic carbocycles. The maximum absolute atomic E-state index is 4.58. The van der Waals surface area contributed by atoms with Crippen LogP contribution in [0.1, 0.15) is 37.0 Å². The molecule has 8 nitrogen and oxygen atoms in total. The summed E-state index contributed by atoms with van der Waals surface area (Å²) < 4.78 is 3.85. The van der Waals surface area contributed by atoms with Crippen LogP contribution >= 0.6 is 0 Å². The van der Waals surface area contributed by atoms with Crippen LogP contribution in [0.15, 0.2) is 24.8 Å². The molecular formula is C16H22N8. The van der Waals surface area contributed by atoms with E-state index in [0.717, 1.165) is 29.6 Å². The normalized spacial score (nSPS) is 11.2. The van der Waals surface area contributed by atoms with Crippen molar-refractivity contribution in [2.24, 2.45) is 0 Å². The SMILES string of the molecule is Cc1cc(C)n(-c2cncc(NCCn3cnnc3C(C)C)n2)n1. The number of hydrogen-bond donors (Lipinski definition) is 1. The van der Waals surface area contributed by atoms with Crippen LogP contribution in [-0.4, -0.2) is 41.1 Å². The third-order valence-corrected chi connectivity index (χ3v) is 3.67. The molecule has 0 aromatic carbocycles. The van der Waals surface area contributed by atoms with E-state index in [1.54, 1.807) is 23.4 Å². The molecule has 3 aromatic heterocycles. The lowest BCUT2D eigenvalue weighted by Crippen LogP contribution is -2.14. The Morgan fingerprint density at radius 2 is 2.04 bits per heavy atom. The van der Waals surface area contributed by atoms with Crippen molar-refractivity contribution in [3.8, 4) is 5.82 Å². The molecule has 0 aliphatic heterocycles. The summed E-state index contributed by atoms with van der Waals surface area (Å²) >= 11 is 0. The monoisotopic (exact) mass is 326 g/mol. The number of aryl methyl sites for hydroxylation is 2. The zero-order valence-electron chi connectivity index (χ0n) is 14.4. The first kappa shape index (κ1) is 16.1. The zero-order valence-corrected chi connectivity index (χ0v) is 14.4. The molecule has 3 heterocycles. The first-order valence-electron chi connectivity index (χ1n) is 8.02. The summed E-state index contributed by atoms with van der Waals surface area (Å²) in [5, 5.41) is 15.9. The minimum Gasteiger partial charge on any atom is -0.367 e. The fourth-order valence-corrected chi connectivity index (χ4v) is 2.59. The van der Waals surface area contributed by atoms with E-state index < -0.39 is 0 Å². The van der Waals surface area contributed by atoms with Crippen molar-refractivity contribution in [3.05, 3.63) is 42.0 Å². The van der Waals surface area contributed by atoms with Gasteiger partial charge in [-0.05, 0) is 19.9 Å². The van der Waals surface area contributed by atoms with E-state index in [0.29, 0.717) is 18.3 Å². The molecule has 0 radical (unpaired) electrons. The van der Waals surface area contributed by atoms with E-state index >= 15 is 0 Å². The van der Waals surface area contributed by atoms with Gasteiger partial charge in [0.15, 0.2) is 5.82 Å². The number of anilines is 1. The average molecular weight is 326 g/mol. The van der Waals surface area contributed by atoms with Gasteiger partial charge in [0.1, 0.15) is 18.0 Å². The number of nitrogens with zero attached hydrogens (tertiary/aromatic N) is 7. The van der Waals surface area contributed by atoms with Crippen molar-refractivity contribution in [2.75, 3.05) is 11.9 Å². The van der Waals surface area contributed by atoms with Crippen molar-refractivity contribution < 1.29 is 0 Å². The van der Waals surface area contributed by atoms with Crippen LogP contribution in [0.4, 0.5) is 5.82 Å². The van der Waals surface area contributed by atoms with E-state index in [4.69, 9.17) is 0 Å². The van der Waals surface area contributed by atoms with Crippen LogP contribution in [0.5, 0.6) is 0 Å². The molecule has 0 amide bonds. The van der Waals surface area contributed by atoms with Crippen molar-refractivity contribution >= 4 is 5.82 Å². The molecule has 24 heavy (non-hydrogen) atoms. The Kier molecular flexibility index (Phi) is 4.54. The summed E-state index contributed by atoms with van der Waals surface area (Å²) in [7, 11) is 0. The first-order valence-corrected chi connectivity index (χ1v) is 8.02. The fraction of sp³-hybridized carbons (Fsp3) is 0.438. The molecule has 8 heteroatoms. The van der Waals surface area contributed by atoms with Crippen LogP contribution in [-0.2, 0) is 6.54 Å². The first-order chi connectivity index (χ1) is 11.5. The smallest absolute Gasteiger partial charge is 0.174 e. The number of hydrogen-bond acceptors (Lipinski definition) is 6. The predicted molar refractivity (Wildman–Crippen MR) is 91.2 cm³/mol. The van der Waals surface area contributed by atoms with Crippen molar-refractivity contribution in [1.82, 2.24) is 34.5 Å². The van der Waals surface area contributed by atoms with Crippen LogP contribution in [0.3, 0.4) is 0 Å². The zero-order chi connectivity index (χ0) is 17.1. The Morgan fingerprint density at radius 1 is 1.21 bits per heavy atom. The van der Waals surface area contributed by atoms with E-state index in [-0.39, 0.29) is 0 Å². The van der Waals surface area contributed by atoms with Gasteiger partial charge in [0.25, 0.3) is 0 Å². The fourth-order valence-electron chi connectivity index (χ4n) is 2.59. The molecule has 126 valence electrons. The van der Waals surface area contributed by atoms with Gasteiger partial charge in [0.05, 0.1) is 18.1 Å². The maximum Gasteiger partial charge on any atom is 0.174 e. The number of nitrogens with one attached hydrogen (secondary N) is 1. The number of rotatable bonds is 6. The molecule has 0 saturated heterocycles. The van der Waals surface area contributed by atoms with E-state index in [1.165, 1.54) is 0 Å². The third kappa shape index (κ3) is 3.42. The van der Waals surface area contributed by atoms with Gasteiger partial charge in [0.2, 0.25) is 0 Å². The summed E-state index contributed by atoms with van der Waals surface area (Å²) in [6, 6.07) is 2.02. The third-order valence-electron chi connectivity index (χ3n) is 3.67. The van der Waals surface area contributed by atoms with Crippen LogP contribution in [0.2, 0.25) is 0 Å². The summed E-state index contributed by atoms with van der Waals surface area (Å²) in [6.45, 7) is 9.67. The van der Waals surface area contributed by atoms with Gasteiger partial charge in [0, 0.05) is 24.7 Å².